The van der Waals surface area contributed by atoms with Crippen LogP contribution < -0.4 is 16.2 Å². The molecule has 1 atom stereocenters. The highest BCUT2D eigenvalue weighted by Crippen LogP contribution is 2.33. The number of fused-ring (bicyclic) bond motifs is 2. The van der Waals surface area contributed by atoms with Gasteiger partial charge >= 0.3 is 0 Å². The fourth-order valence-electron chi connectivity index (χ4n) is 3.83. The van der Waals surface area contributed by atoms with Crippen molar-refractivity contribution in [1.82, 2.24) is 24.5 Å². The van der Waals surface area contributed by atoms with Gasteiger partial charge in [0.05, 0.1) is 22.9 Å². The maximum Gasteiger partial charge on any atom is 0.239 e. The lowest BCUT2D eigenvalue weighted by molar-refractivity contribution is -0.118. The zero-order chi connectivity index (χ0) is 23.1. The van der Waals surface area contributed by atoms with Crippen LogP contribution in [0.15, 0.2) is 61.1 Å². The molecule has 2 aromatic carbocycles. The maximum absolute atomic E-state index is 13.7. The number of hydrogen-bond donors (Lipinski definition) is 2. The molecule has 0 saturated carbocycles. The van der Waals surface area contributed by atoms with E-state index in [-0.39, 0.29) is 18.2 Å². The number of rotatable bonds is 6. The molecule has 0 unspecified atom stereocenters. The van der Waals surface area contributed by atoms with Crippen LogP contribution >= 0.6 is 0 Å². The van der Waals surface area contributed by atoms with Crippen LogP contribution in [-0.4, -0.2) is 30.5 Å². The molecule has 0 saturated heterocycles. The number of carbonyl (C=O) groups excluding carboxylic acids is 1. The molecule has 3 heterocycles. The van der Waals surface area contributed by atoms with Crippen molar-refractivity contribution in [3.8, 4) is 11.4 Å². The van der Waals surface area contributed by atoms with Crippen molar-refractivity contribution in [1.29, 1.82) is 0 Å². The Bertz CT molecular complexity index is 1490. The summed E-state index contributed by atoms with van der Waals surface area (Å²) >= 11 is 0. The molecule has 5 rings (SSSR count). The first-order valence-corrected chi connectivity index (χ1v) is 10.2. The topological polar surface area (TPSA) is 127 Å². The van der Waals surface area contributed by atoms with E-state index < -0.39 is 12.0 Å². The van der Waals surface area contributed by atoms with Gasteiger partial charge < -0.3 is 16.2 Å². The summed E-state index contributed by atoms with van der Waals surface area (Å²) in [4.78, 5) is 15.8. The molecule has 5 aromatic rings. The number of nitrogens with zero attached hydrogens (tertiary/aromatic N) is 5. The van der Waals surface area contributed by atoms with E-state index in [9.17, 15) is 9.18 Å². The Morgan fingerprint density at radius 1 is 1.18 bits per heavy atom. The molecule has 0 aliphatic rings. The predicted molar refractivity (Wildman–Crippen MR) is 121 cm³/mol. The minimum absolute atomic E-state index is 0.0492. The second kappa shape index (κ2) is 7.90. The average molecular weight is 445 g/mol. The standard InChI is InChI=1S/C23H20FN7O2/c1-13(33-21-9-14-7-16(24)3-4-18(14)29-23(21)26)17-10-19-15(11-28-31(19)12-22(25)32)8-20(17)30-6-2-5-27-30/h2-11,13H,12H2,1H3,(H2,25,32)(H2,26,29)/t13-/m0/s1. The van der Waals surface area contributed by atoms with Crippen LogP contribution in [0.5, 0.6) is 5.75 Å². The summed E-state index contributed by atoms with van der Waals surface area (Å²) in [7, 11) is 0. The molecule has 166 valence electrons. The zero-order valence-corrected chi connectivity index (χ0v) is 17.6. The van der Waals surface area contributed by atoms with Crippen molar-refractivity contribution >= 4 is 33.5 Å². The number of amides is 1. The summed E-state index contributed by atoms with van der Waals surface area (Å²) in [5, 5.41) is 10.0. The number of ether oxygens (including phenoxy) is 1. The van der Waals surface area contributed by atoms with E-state index in [1.807, 2.05) is 31.3 Å². The lowest BCUT2D eigenvalue weighted by Crippen LogP contribution is -2.19. The molecule has 3 aromatic heterocycles. The Morgan fingerprint density at radius 2 is 2.03 bits per heavy atom. The van der Waals surface area contributed by atoms with Gasteiger partial charge in [-0.3, -0.25) is 9.48 Å². The third-order valence-electron chi connectivity index (χ3n) is 5.36. The molecule has 4 N–H and O–H groups in total. The zero-order valence-electron chi connectivity index (χ0n) is 17.6. The number of aromatic nitrogens is 5. The van der Waals surface area contributed by atoms with Gasteiger partial charge in [0, 0.05) is 28.7 Å². The molecule has 33 heavy (non-hydrogen) atoms. The maximum atomic E-state index is 13.7. The SMILES string of the molecule is C[C@H](Oc1cc2cc(F)ccc2nc1N)c1cc2c(cnn2CC(N)=O)cc1-n1cccn1. The minimum atomic E-state index is -0.499. The number of carbonyl (C=O) groups is 1. The van der Waals surface area contributed by atoms with Gasteiger partial charge in [0.1, 0.15) is 18.5 Å². The smallest absolute Gasteiger partial charge is 0.239 e. The molecule has 0 fully saturated rings. The number of primary amides is 1. The molecule has 0 aliphatic heterocycles. The lowest BCUT2D eigenvalue weighted by atomic mass is 10.1. The molecular weight excluding hydrogens is 425 g/mol. The minimum Gasteiger partial charge on any atom is -0.482 e. The first-order chi connectivity index (χ1) is 15.9. The molecule has 0 bridgehead atoms. The second-order valence-corrected chi connectivity index (χ2v) is 7.66. The first-order valence-electron chi connectivity index (χ1n) is 10.2. The van der Waals surface area contributed by atoms with Crippen molar-refractivity contribution < 1.29 is 13.9 Å². The third-order valence-corrected chi connectivity index (χ3v) is 5.36. The van der Waals surface area contributed by atoms with Crippen LogP contribution in [0.4, 0.5) is 10.2 Å². The highest BCUT2D eigenvalue weighted by atomic mass is 19.1. The molecule has 1 amide bonds. The number of halogens is 1. The number of benzene rings is 2. The summed E-state index contributed by atoms with van der Waals surface area (Å²) in [5.74, 6) is -0.342. The second-order valence-electron chi connectivity index (χ2n) is 7.66. The first kappa shape index (κ1) is 20.4. The highest BCUT2D eigenvalue weighted by molar-refractivity contribution is 5.85. The molecule has 0 aliphatic carbocycles. The third kappa shape index (κ3) is 3.82. The Labute approximate surface area is 187 Å². The fraction of sp³-hybridized carbons (Fsp3) is 0.130. The van der Waals surface area contributed by atoms with Crippen molar-refractivity contribution in [2.24, 2.45) is 5.73 Å². The normalized spacial score (nSPS) is 12.3. The van der Waals surface area contributed by atoms with Crippen LogP contribution in [0.2, 0.25) is 0 Å². The van der Waals surface area contributed by atoms with Gasteiger partial charge in [0.25, 0.3) is 0 Å². The molecule has 9 nitrogen and oxygen atoms in total. The van der Waals surface area contributed by atoms with Gasteiger partial charge in [-0.15, -0.1) is 0 Å². The lowest BCUT2D eigenvalue weighted by Gasteiger charge is -2.20. The molecular formula is C23H20FN7O2. The van der Waals surface area contributed by atoms with Crippen LogP contribution in [0.25, 0.3) is 27.5 Å². The largest absolute Gasteiger partial charge is 0.482 e. The van der Waals surface area contributed by atoms with E-state index in [1.54, 1.807) is 29.2 Å². The van der Waals surface area contributed by atoms with E-state index in [1.165, 1.54) is 16.8 Å². The van der Waals surface area contributed by atoms with Crippen LogP contribution in [0.1, 0.15) is 18.6 Å². The van der Waals surface area contributed by atoms with E-state index in [4.69, 9.17) is 16.2 Å². The van der Waals surface area contributed by atoms with Gasteiger partial charge in [-0.25, -0.2) is 14.1 Å². The number of nitrogens with two attached hydrogens (primary N) is 2. The van der Waals surface area contributed by atoms with Crippen molar-refractivity contribution in [3.05, 3.63) is 72.4 Å². The van der Waals surface area contributed by atoms with Gasteiger partial charge in [0.15, 0.2) is 11.6 Å². The number of hydrogen-bond acceptors (Lipinski definition) is 6. The Balaban J connectivity index is 1.60. The number of pyridine rings is 1. The fourth-order valence-corrected chi connectivity index (χ4v) is 3.83. The van der Waals surface area contributed by atoms with Crippen LogP contribution in [-0.2, 0) is 11.3 Å². The number of anilines is 1. The quantitative estimate of drug-likeness (QED) is 0.413. The van der Waals surface area contributed by atoms with Crippen molar-refractivity contribution in [2.75, 3.05) is 5.73 Å². The van der Waals surface area contributed by atoms with Crippen LogP contribution in [0, 0.1) is 5.82 Å². The predicted octanol–water partition coefficient (Wildman–Crippen LogP) is 3.12. The van der Waals surface area contributed by atoms with Gasteiger partial charge in [-0.1, -0.05) is 0 Å². The molecule has 0 spiro atoms. The van der Waals surface area contributed by atoms with Gasteiger partial charge in [0.2, 0.25) is 5.91 Å². The summed E-state index contributed by atoms with van der Waals surface area (Å²) in [5.41, 5.74) is 14.3. The average Bonchev–Trinajstić information content (AvgIpc) is 3.44. The summed E-state index contributed by atoms with van der Waals surface area (Å²) in [6.45, 7) is 1.81. The Morgan fingerprint density at radius 3 is 2.79 bits per heavy atom. The van der Waals surface area contributed by atoms with Crippen molar-refractivity contribution in [3.63, 3.8) is 0 Å². The van der Waals surface area contributed by atoms with Crippen LogP contribution in [0.3, 0.4) is 0 Å². The van der Waals surface area contributed by atoms with Gasteiger partial charge in [-0.05, 0) is 49.4 Å². The van der Waals surface area contributed by atoms with E-state index in [0.717, 1.165) is 22.2 Å². The van der Waals surface area contributed by atoms with E-state index >= 15 is 0 Å². The van der Waals surface area contributed by atoms with E-state index in [0.29, 0.717) is 16.7 Å². The highest BCUT2D eigenvalue weighted by Gasteiger charge is 2.19. The monoisotopic (exact) mass is 445 g/mol. The van der Waals surface area contributed by atoms with Gasteiger partial charge in [-0.2, -0.15) is 10.2 Å². The Kier molecular flexibility index (Phi) is 4.89. The summed E-state index contributed by atoms with van der Waals surface area (Å²) < 4.78 is 23.2. The summed E-state index contributed by atoms with van der Waals surface area (Å²) in [6, 6.07) is 11.6. The molecule has 0 radical (unpaired) electrons. The summed E-state index contributed by atoms with van der Waals surface area (Å²) in [6.07, 6.45) is 4.66. The van der Waals surface area contributed by atoms with E-state index in [2.05, 4.69) is 15.2 Å². The number of nitrogen functional groups attached to an aromatic ring is 1. The van der Waals surface area contributed by atoms with Crippen molar-refractivity contribution in [2.45, 2.75) is 19.6 Å². The Hall–Kier alpha value is -4.47. The molecule has 10 heteroatoms.